The monoisotopic (exact) mass is 440 g/mol. The van der Waals surface area contributed by atoms with Crippen molar-refractivity contribution in [3.05, 3.63) is 65.3 Å². The van der Waals surface area contributed by atoms with Crippen LogP contribution < -0.4 is 4.74 Å². The first kappa shape index (κ1) is 22.1. The number of carbonyl (C=O) groups is 2. The van der Waals surface area contributed by atoms with E-state index in [2.05, 4.69) is 4.90 Å². The molecule has 1 amide bonds. The molecule has 8 nitrogen and oxygen atoms in total. The van der Waals surface area contributed by atoms with Crippen molar-refractivity contribution in [2.24, 2.45) is 0 Å². The van der Waals surface area contributed by atoms with Crippen molar-refractivity contribution in [2.75, 3.05) is 46.0 Å². The summed E-state index contributed by atoms with van der Waals surface area (Å²) in [5.74, 6) is -0.759. The summed E-state index contributed by atoms with van der Waals surface area (Å²) in [6.45, 7) is 6.81. The van der Waals surface area contributed by atoms with Crippen LogP contribution in [0.25, 0.3) is 0 Å². The maximum absolute atomic E-state index is 13.1. The molecular weight excluding hydrogens is 412 g/mol. The van der Waals surface area contributed by atoms with Gasteiger partial charge < -0.3 is 23.9 Å². The lowest BCUT2D eigenvalue weighted by molar-refractivity contribution is -0.129. The summed E-state index contributed by atoms with van der Waals surface area (Å²) in [5, 5.41) is 10.7. The molecule has 1 saturated heterocycles. The van der Waals surface area contributed by atoms with Crippen molar-refractivity contribution in [3.8, 4) is 5.75 Å². The number of nitrogens with zero attached hydrogens (tertiary/aromatic N) is 2. The van der Waals surface area contributed by atoms with Crippen molar-refractivity contribution in [1.82, 2.24) is 9.80 Å². The third-order valence-corrected chi connectivity index (χ3v) is 5.78. The molecule has 0 aliphatic carbocycles. The molecular formula is C24H28N2O6. The average molecular weight is 440 g/mol. The summed E-state index contributed by atoms with van der Waals surface area (Å²) >= 11 is 0. The molecule has 0 radical (unpaired) electrons. The number of hydrogen-bond acceptors (Lipinski definition) is 7. The first-order valence-corrected chi connectivity index (χ1v) is 10.9. The Morgan fingerprint density at radius 2 is 1.91 bits per heavy atom. The summed E-state index contributed by atoms with van der Waals surface area (Å²) in [6, 6.07) is 9.70. The fraction of sp³-hybridized carbons (Fsp3) is 0.417. The van der Waals surface area contributed by atoms with Gasteiger partial charge in [-0.1, -0.05) is 12.1 Å². The zero-order valence-electron chi connectivity index (χ0n) is 18.2. The lowest BCUT2D eigenvalue weighted by Crippen LogP contribution is -2.39. The van der Waals surface area contributed by atoms with Crippen LogP contribution in [0, 0.1) is 0 Å². The number of benzene rings is 1. The summed E-state index contributed by atoms with van der Waals surface area (Å²) < 4.78 is 16.2. The van der Waals surface area contributed by atoms with Gasteiger partial charge in [0.25, 0.3) is 5.91 Å². The van der Waals surface area contributed by atoms with E-state index in [1.54, 1.807) is 23.1 Å². The molecule has 2 aliphatic rings. The molecule has 3 heterocycles. The van der Waals surface area contributed by atoms with Gasteiger partial charge in [-0.05, 0) is 43.2 Å². The van der Waals surface area contributed by atoms with Gasteiger partial charge in [0.15, 0.2) is 11.5 Å². The Morgan fingerprint density at radius 3 is 2.56 bits per heavy atom. The normalized spacial score (nSPS) is 19.6. The smallest absolute Gasteiger partial charge is 0.290 e. The van der Waals surface area contributed by atoms with E-state index in [4.69, 9.17) is 13.9 Å². The molecule has 8 heteroatoms. The molecule has 1 atom stereocenters. The summed E-state index contributed by atoms with van der Waals surface area (Å²) in [6.07, 6.45) is 2.11. The Labute approximate surface area is 187 Å². The molecule has 2 aliphatic heterocycles. The van der Waals surface area contributed by atoms with Gasteiger partial charge in [0, 0.05) is 26.2 Å². The minimum atomic E-state index is -0.694. The van der Waals surface area contributed by atoms with Crippen molar-refractivity contribution >= 4 is 11.7 Å². The number of ketones is 1. The number of aliphatic hydroxyl groups is 1. The summed E-state index contributed by atoms with van der Waals surface area (Å²) in [5.41, 5.74) is 0.771. The fourth-order valence-electron chi connectivity index (χ4n) is 4.21. The number of Topliss-reactive ketones (excluding diaryl/α,β-unsaturated/α-hetero) is 1. The maximum atomic E-state index is 13.1. The van der Waals surface area contributed by atoms with E-state index in [-0.39, 0.29) is 11.3 Å². The fourth-order valence-corrected chi connectivity index (χ4v) is 4.21. The van der Waals surface area contributed by atoms with E-state index in [1.807, 2.05) is 19.1 Å². The number of carbonyl (C=O) groups excluding carboxylic acids is 2. The Kier molecular flexibility index (Phi) is 6.92. The van der Waals surface area contributed by atoms with Crippen molar-refractivity contribution < 1.29 is 28.6 Å². The second-order valence-electron chi connectivity index (χ2n) is 7.78. The molecule has 1 unspecified atom stereocenters. The number of rotatable bonds is 9. The highest BCUT2D eigenvalue weighted by Gasteiger charge is 2.44. The van der Waals surface area contributed by atoms with E-state index in [1.165, 1.54) is 12.3 Å². The number of aliphatic hydroxyl groups excluding tert-OH is 1. The Morgan fingerprint density at radius 1 is 1.16 bits per heavy atom. The van der Waals surface area contributed by atoms with Crippen molar-refractivity contribution in [3.63, 3.8) is 0 Å². The Bertz CT molecular complexity index is 961. The standard InChI is InChI=1S/C24H28N2O6/c1-2-31-18-8-6-17(7-9-18)21-20(22(27)19-5-3-14-32-19)23(28)24(29)26(21)11-4-10-25-12-15-30-16-13-25/h3,5-9,14,21,28H,2,4,10-13,15-16H2,1H3. The quantitative estimate of drug-likeness (QED) is 0.599. The largest absolute Gasteiger partial charge is 0.503 e. The first-order valence-electron chi connectivity index (χ1n) is 10.9. The number of morpholine rings is 1. The highest BCUT2D eigenvalue weighted by atomic mass is 16.5. The number of amides is 1. The molecule has 0 bridgehead atoms. The molecule has 1 aromatic carbocycles. The second kappa shape index (κ2) is 10.0. The zero-order valence-corrected chi connectivity index (χ0v) is 18.2. The first-order chi connectivity index (χ1) is 15.6. The third-order valence-electron chi connectivity index (χ3n) is 5.78. The van der Waals surface area contributed by atoms with Gasteiger partial charge in [0.05, 0.1) is 37.7 Å². The maximum Gasteiger partial charge on any atom is 0.290 e. The highest BCUT2D eigenvalue weighted by Crippen LogP contribution is 2.39. The number of hydrogen-bond donors (Lipinski definition) is 1. The molecule has 1 N–H and O–H groups in total. The van der Waals surface area contributed by atoms with Crippen LogP contribution in [0.3, 0.4) is 0 Å². The van der Waals surface area contributed by atoms with E-state index in [9.17, 15) is 14.7 Å². The van der Waals surface area contributed by atoms with Crippen LogP contribution in [-0.2, 0) is 9.53 Å². The minimum absolute atomic E-state index is 0.0421. The van der Waals surface area contributed by atoms with Crippen LogP contribution in [0.15, 0.2) is 58.4 Å². The predicted octanol–water partition coefficient (Wildman–Crippen LogP) is 2.98. The molecule has 1 fully saturated rings. The topological polar surface area (TPSA) is 92.5 Å². The van der Waals surface area contributed by atoms with E-state index < -0.39 is 23.5 Å². The van der Waals surface area contributed by atoms with Crippen LogP contribution >= 0.6 is 0 Å². The molecule has 170 valence electrons. The van der Waals surface area contributed by atoms with Crippen LogP contribution in [0.1, 0.15) is 35.5 Å². The van der Waals surface area contributed by atoms with Crippen LogP contribution in [0.2, 0.25) is 0 Å². The zero-order chi connectivity index (χ0) is 22.5. The molecule has 2 aromatic rings. The predicted molar refractivity (Wildman–Crippen MR) is 117 cm³/mol. The number of furan rings is 1. The van der Waals surface area contributed by atoms with Crippen molar-refractivity contribution in [2.45, 2.75) is 19.4 Å². The minimum Gasteiger partial charge on any atom is -0.503 e. The van der Waals surface area contributed by atoms with Gasteiger partial charge in [-0.15, -0.1) is 0 Å². The van der Waals surface area contributed by atoms with Crippen LogP contribution in [0.4, 0.5) is 0 Å². The van der Waals surface area contributed by atoms with E-state index in [0.29, 0.717) is 32.1 Å². The van der Waals surface area contributed by atoms with E-state index >= 15 is 0 Å². The Hall–Kier alpha value is -3.10. The van der Waals surface area contributed by atoms with Gasteiger partial charge in [0.1, 0.15) is 5.75 Å². The number of ether oxygens (including phenoxy) is 2. The third kappa shape index (κ3) is 4.56. The SMILES string of the molecule is CCOc1ccc(C2C(C(=O)c3ccco3)=C(O)C(=O)N2CCCN2CCOCC2)cc1. The molecule has 0 spiro atoms. The lowest BCUT2D eigenvalue weighted by Gasteiger charge is -2.30. The molecule has 4 rings (SSSR count). The van der Waals surface area contributed by atoms with Crippen molar-refractivity contribution in [1.29, 1.82) is 0 Å². The van der Waals surface area contributed by atoms with Gasteiger partial charge in [-0.2, -0.15) is 0 Å². The van der Waals surface area contributed by atoms with Gasteiger partial charge in [0.2, 0.25) is 5.78 Å². The molecule has 0 saturated carbocycles. The average Bonchev–Trinajstić information content (AvgIpc) is 3.43. The van der Waals surface area contributed by atoms with Gasteiger partial charge in [-0.3, -0.25) is 14.5 Å². The highest BCUT2D eigenvalue weighted by molar-refractivity contribution is 6.15. The lowest BCUT2D eigenvalue weighted by atomic mass is 9.95. The molecule has 1 aromatic heterocycles. The van der Waals surface area contributed by atoms with Gasteiger partial charge in [-0.25, -0.2) is 0 Å². The summed E-state index contributed by atoms with van der Waals surface area (Å²) in [7, 11) is 0. The Balaban J connectivity index is 1.59. The van der Waals surface area contributed by atoms with Crippen LogP contribution in [0.5, 0.6) is 5.75 Å². The summed E-state index contributed by atoms with van der Waals surface area (Å²) in [4.78, 5) is 30.0. The molecule has 32 heavy (non-hydrogen) atoms. The van der Waals surface area contributed by atoms with E-state index in [0.717, 1.165) is 31.6 Å². The van der Waals surface area contributed by atoms with Crippen LogP contribution in [-0.4, -0.2) is 72.6 Å². The van der Waals surface area contributed by atoms with Gasteiger partial charge >= 0.3 is 0 Å². The second-order valence-corrected chi connectivity index (χ2v) is 7.78.